The van der Waals surface area contributed by atoms with Crippen molar-refractivity contribution in [1.29, 1.82) is 15.8 Å². The number of fused-ring (bicyclic) bond motifs is 1. The van der Waals surface area contributed by atoms with Gasteiger partial charge in [-0.05, 0) is 18.2 Å². The summed E-state index contributed by atoms with van der Waals surface area (Å²) in [6.45, 7) is -0.168. The third-order valence-electron chi connectivity index (χ3n) is 3.92. The SMILES string of the molecule is N#CCOc1ccc(Br)cc1C1N=C(NC#N)Nc2nc(N)c(C#N)c(N)c21. The lowest BCUT2D eigenvalue weighted by atomic mass is 9.94. The quantitative estimate of drug-likeness (QED) is 0.409. The number of nitrogens with zero attached hydrogens (tertiary/aromatic N) is 5. The summed E-state index contributed by atoms with van der Waals surface area (Å²) < 4.78 is 6.25. The topological polar surface area (TPSA) is 182 Å². The van der Waals surface area contributed by atoms with E-state index in [1.54, 1.807) is 24.4 Å². The van der Waals surface area contributed by atoms with Crippen molar-refractivity contribution in [2.24, 2.45) is 4.99 Å². The number of nitrogens with one attached hydrogen (secondary N) is 2. The summed E-state index contributed by atoms with van der Waals surface area (Å²) >= 11 is 3.40. The number of halogens is 1. The number of aromatic nitrogens is 1. The average Bonchev–Trinajstić information content (AvgIpc) is 2.66. The normalized spacial score (nSPS) is 14.4. The molecule has 28 heavy (non-hydrogen) atoms. The van der Waals surface area contributed by atoms with E-state index >= 15 is 0 Å². The maximum atomic E-state index is 9.38. The van der Waals surface area contributed by atoms with Crippen LogP contribution < -0.4 is 26.8 Å². The molecule has 1 aliphatic rings. The number of hydrogen-bond donors (Lipinski definition) is 4. The van der Waals surface area contributed by atoms with E-state index in [2.05, 4.69) is 36.5 Å². The van der Waals surface area contributed by atoms with Gasteiger partial charge >= 0.3 is 0 Å². The first-order valence-electron chi connectivity index (χ1n) is 7.78. The number of rotatable bonds is 3. The van der Waals surface area contributed by atoms with Gasteiger partial charge in [0.2, 0.25) is 5.96 Å². The van der Waals surface area contributed by atoms with Crippen LogP contribution in [0.2, 0.25) is 0 Å². The number of benzene rings is 1. The van der Waals surface area contributed by atoms with Crippen molar-refractivity contribution in [2.75, 3.05) is 23.4 Å². The molecule has 10 nitrogen and oxygen atoms in total. The van der Waals surface area contributed by atoms with Crippen LogP contribution >= 0.6 is 15.9 Å². The average molecular weight is 438 g/mol. The molecular weight excluding hydrogens is 426 g/mol. The van der Waals surface area contributed by atoms with Gasteiger partial charge in [-0.1, -0.05) is 15.9 Å². The molecule has 0 fully saturated rings. The van der Waals surface area contributed by atoms with Gasteiger partial charge in [0.15, 0.2) is 12.8 Å². The first-order chi connectivity index (χ1) is 13.5. The molecule has 1 atom stereocenters. The summed E-state index contributed by atoms with van der Waals surface area (Å²) in [6.07, 6.45) is 1.78. The van der Waals surface area contributed by atoms with Crippen LogP contribution in [0.15, 0.2) is 27.7 Å². The predicted molar refractivity (Wildman–Crippen MR) is 105 cm³/mol. The molecule has 0 saturated carbocycles. The lowest BCUT2D eigenvalue weighted by Crippen LogP contribution is -2.33. The van der Waals surface area contributed by atoms with Crippen molar-refractivity contribution < 1.29 is 4.74 Å². The Morgan fingerprint density at radius 2 is 2.07 bits per heavy atom. The van der Waals surface area contributed by atoms with E-state index in [1.165, 1.54) is 0 Å². The number of nitrogens with two attached hydrogens (primary N) is 2. The molecule has 3 rings (SSSR count). The molecule has 1 aromatic carbocycles. The van der Waals surface area contributed by atoms with E-state index in [4.69, 9.17) is 26.7 Å². The number of ether oxygens (including phenoxy) is 1. The van der Waals surface area contributed by atoms with Crippen LogP contribution in [0.25, 0.3) is 0 Å². The van der Waals surface area contributed by atoms with Gasteiger partial charge in [0.1, 0.15) is 41.1 Å². The molecule has 1 unspecified atom stereocenters. The van der Waals surface area contributed by atoms with Crippen LogP contribution in [0.1, 0.15) is 22.7 Å². The van der Waals surface area contributed by atoms with Gasteiger partial charge in [0.05, 0.1) is 5.69 Å². The fourth-order valence-corrected chi connectivity index (χ4v) is 3.16. The van der Waals surface area contributed by atoms with Crippen molar-refractivity contribution in [3.63, 3.8) is 0 Å². The second kappa shape index (κ2) is 7.70. The number of nitrogen functional groups attached to an aromatic ring is 2. The van der Waals surface area contributed by atoms with Crippen molar-refractivity contribution in [3.8, 4) is 24.1 Å². The zero-order valence-corrected chi connectivity index (χ0v) is 15.8. The summed E-state index contributed by atoms with van der Waals surface area (Å²) in [5.41, 5.74) is 13.2. The largest absolute Gasteiger partial charge is 0.478 e. The summed E-state index contributed by atoms with van der Waals surface area (Å²) in [7, 11) is 0. The molecule has 0 saturated heterocycles. The van der Waals surface area contributed by atoms with Gasteiger partial charge in [-0.15, -0.1) is 0 Å². The van der Waals surface area contributed by atoms with Crippen LogP contribution in [0.3, 0.4) is 0 Å². The Hall–Kier alpha value is -4.01. The minimum absolute atomic E-state index is 0.0342. The number of hydrogen-bond acceptors (Lipinski definition) is 10. The number of nitriles is 3. The highest BCUT2D eigenvalue weighted by molar-refractivity contribution is 9.10. The van der Waals surface area contributed by atoms with Crippen LogP contribution in [0.4, 0.5) is 17.3 Å². The Kier molecular flexibility index (Phi) is 5.16. The minimum Gasteiger partial charge on any atom is -0.478 e. The third kappa shape index (κ3) is 3.32. The smallest absolute Gasteiger partial charge is 0.211 e. The molecule has 0 aliphatic carbocycles. The molecular formula is C17H12BrN9O. The Balaban J connectivity index is 2.27. The van der Waals surface area contributed by atoms with Gasteiger partial charge < -0.3 is 21.5 Å². The monoisotopic (exact) mass is 437 g/mol. The number of anilines is 3. The van der Waals surface area contributed by atoms with E-state index in [1.807, 2.05) is 12.1 Å². The molecule has 2 aromatic rings. The van der Waals surface area contributed by atoms with Crippen LogP contribution in [0, 0.1) is 34.1 Å². The molecule has 11 heteroatoms. The minimum atomic E-state index is -0.765. The van der Waals surface area contributed by atoms with Crippen LogP contribution in [0.5, 0.6) is 5.75 Å². The zero-order chi connectivity index (χ0) is 20.3. The molecule has 0 bridgehead atoms. The predicted octanol–water partition coefficient (Wildman–Crippen LogP) is 1.72. The maximum Gasteiger partial charge on any atom is 0.211 e. The molecule has 0 spiro atoms. The van der Waals surface area contributed by atoms with Crippen molar-refractivity contribution in [2.45, 2.75) is 6.04 Å². The fraction of sp³-hybridized carbons (Fsp3) is 0.118. The second-order valence-corrected chi connectivity index (χ2v) is 6.45. The zero-order valence-electron chi connectivity index (χ0n) is 14.2. The lowest BCUT2D eigenvalue weighted by molar-refractivity contribution is 0.362. The summed E-state index contributed by atoms with van der Waals surface area (Å²) in [5.74, 6) is 0.746. The maximum absolute atomic E-state index is 9.38. The van der Waals surface area contributed by atoms with Crippen LogP contribution in [-0.2, 0) is 0 Å². The van der Waals surface area contributed by atoms with E-state index in [9.17, 15) is 5.26 Å². The van der Waals surface area contributed by atoms with E-state index in [0.717, 1.165) is 4.47 Å². The van der Waals surface area contributed by atoms with Crippen LogP contribution in [-0.4, -0.2) is 17.6 Å². The van der Waals surface area contributed by atoms with Crippen molar-refractivity contribution in [1.82, 2.24) is 10.3 Å². The summed E-state index contributed by atoms with van der Waals surface area (Å²) in [4.78, 5) is 8.67. The lowest BCUT2D eigenvalue weighted by Gasteiger charge is -2.27. The first-order valence-corrected chi connectivity index (χ1v) is 8.57. The molecule has 1 aromatic heterocycles. The first kappa shape index (κ1) is 18.8. The van der Waals surface area contributed by atoms with Gasteiger partial charge in [0.25, 0.3) is 0 Å². The molecule has 2 heterocycles. The van der Waals surface area contributed by atoms with Gasteiger partial charge in [-0.25, -0.2) is 9.98 Å². The Morgan fingerprint density at radius 3 is 2.75 bits per heavy atom. The van der Waals surface area contributed by atoms with Crippen molar-refractivity contribution in [3.05, 3.63) is 39.4 Å². The molecule has 0 radical (unpaired) electrons. The fourth-order valence-electron chi connectivity index (χ4n) is 2.78. The Bertz CT molecular complexity index is 1110. The highest BCUT2D eigenvalue weighted by Gasteiger charge is 2.31. The van der Waals surface area contributed by atoms with E-state index in [-0.39, 0.29) is 35.5 Å². The molecule has 1 aliphatic heterocycles. The highest BCUT2D eigenvalue weighted by Crippen LogP contribution is 2.43. The van der Waals surface area contributed by atoms with Crippen molar-refractivity contribution >= 4 is 39.2 Å². The highest BCUT2D eigenvalue weighted by atomic mass is 79.9. The standard InChI is InChI=1S/C17H12BrN9O/c18-8-1-2-11(28-4-3-19)9(5-8)14-12-13(22)10(6-20)15(23)26-16(12)27-17(25-14)24-7-21/h1-2,5,14H,4H2,(H6,22,23,24,25,26,27). The Morgan fingerprint density at radius 1 is 1.29 bits per heavy atom. The summed E-state index contributed by atoms with van der Waals surface area (Å²) in [6, 6.07) is 8.27. The van der Waals surface area contributed by atoms with E-state index < -0.39 is 6.04 Å². The van der Waals surface area contributed by atoms with E-state index in [0.29, 0.717) is 16.9 Å². The number of aliphatic imine (C=N–C) groups is 1. The molecule has 138 valence electrons. The second-order valence-electron chi connectivity index (χ2n) is 5.53. The number of pyridine rings is 1. The van der Waals surface area contributed by atoms with Gasteiger partial charge in [-0.2, -0.15) is 15.8 Å². The molecule has 6 N–H and O–H groups in total. The van der Waals surface area contributed by atoms with Gasteiger partial charge in [0, 0.05) is 15.6 Å². The summed E-state index contributed by atoms with van der Waals surface area (Å²) in [5, 5.41) is 32.5. The number of guanidine groups is 1. The van der Waals surface area contributed by atoms with Gasteiger partial charge in [-0.3, -0.25) is 5.32 Å². The molecule has 0 amide bonds. The third-order valence-corrected chi connectivity index (χ3v) is 4.41. The Labute approximate surface area is 168 Å².